The van der Waals surface area contributed by atoms with E-state index in [-0.39, 0.29) is 24.0 Å². The summed E-state index contributed by atoms with van der Waals surface area (Å²) in [4.78, 5) is 13.4. The molecule has 0 bridgehead atoms. The molecule has 0 aliphatic carbocycles. The normalized spacial score (nSPS) is 14.1. The van der Waals surface area contributed by atoms with Crippen LogP contribution in [0.4, 0.5) is 5.82 Å². The second kappa shape index (κ2) is 10.4. The summed E-state index contributed by atoms with van der Waals surface area (Å²) in [6.07, 6.45) is 4.43. The van der Waals surface area contributed by atoms with E-state index in [0.717, 1.165) is 38.0 Å². The van der Waals surface area contributed by atoms with E-state index in [2.05, 4.69) is 68.5 Å². The van der Waals surface area contributed by atoms with Crippen LogP contribution in [0.25, 0.3) is 0 Å². The van der Waals surface area contributed by atoms with Gasteiger partial charge < -0.3 is 15.1 Å². The van der Waals surface area contributed by atoms with Gasteiger partial charge in [0.1, 0.15) is 5.82 Å². The predicted molar refractivity (Wildman–Crippen MR) is 119 cm³/mol. The van der Waals surface area contributed by atoms with E-state index in [1.165, 1.54) is 24.0 Å². The van der Waals surface area contributed by atoms with Crippen LogP contribution in [0, 0.1) is 0 Å². The van der Waals surface area contributed by atoms with Gasteiger partial charge in [-0.2, -0.15) is 0 Å². The van der Waals surface area contributed by atoms with Crippen LogP contribution in [0.3, 0.4) is 0 Å². The minimum atomic E-state index is 0. The molecular formula is C20H28IN5. The lowest BCUT2D eigenvalue weighted by Gasteiger charge is -2.22. The maximum atomic E-state index is 4.52. The number of aliphatic imine (C=N–C) groups is 1. The second-order valence-corrected chi connectivity index (χ2v) is 6.46. The number of guanidine groups is 1. The maximum Gasteiger partial charge on any atom is 0.193 e. The largest absolute Gasteiger partial charge is 0.357 e. The van der Waals surface area contributed by atoms with Crippen molar-refractivity contribution < 1.29 is 0 Å². The van der Waals surface area contributed by atoms with Gasteiger partial charge in [-0.25, -0.2) is 4.98 Å². The zero-order valence-electron chi connectivity index (χ0n) is 15.6. The highest BCUT2D eigenvalue weighted by Gasteiger charge is 2.14. The molecule has 0 atom stereocenters. The molecule has 3 rings (SSSR count). The number of hydrogen-bond acceptors (Lipinski definition) is 3. The highest BCUT2D eigenvalue weighted by molar-refractivity contribution is 14.0. The molecule has 5 nitrogen and oxygen atoms in total. The van der Waals surface area contributed by atoms with Gasteiger partial charge in [-0.05, 0) is 36.1 Å². The lowest BCUT2D eigenvalue weighted by molar-refractivity contribution is 0.476. The number of pyridine rings is 1. The van der Waals surface area contributed by atoms with Gasteiger partial charge in [-0.15, -0.1) is 24.0 Å². The van der Waals surface area contributed by atoms with Crippen molar-refractivity contribution in [1.29, 1.82) is 0 Å². The van der Waals surface area contributed by atoms with Crippen LogP contribution in [0.2, 0.25) is 0 Å². The third kappa shape index (κ3) is 5.59. The number of anilines is 1. The van der Waals surface area contributed by atoms with E-state index < -0.39 is 0 Å². The van der Waals surface area contributed by atoms with Gasteiger partial charge in [0.2, 0.25) is 0 Å². The van der Waals surface area contributed by atoms with Crippen molar-refractivity contribution in [2.24, 2.45) is 4.99 Å². The quantitative estimate of drug-likeness (QED) is 0.417. The first-order chi connectivity index (χ1) is 12.3. The first kappa shape index (κ1) is 20.5. The lowest BCUT2D eigenvalue weighted by atomic mass is 10.2. The molecule has 1 aliphatic heterocycles. The molecule has 1 aromatic carbocycles. The van der Waals surface area contributed by atoms with Crippen molar-refractivity contribution in [2.45, 2.75) is 25.9 Å². The Bertz CT molecular complexity index is 698. The van der Waals surface area contributed by atoms with E-state index in [1.54, 1.807) is 0 Å². The number of halogens is 1. The van der Waals surface area contributed by atoms with Crippen molar-refractivity contribution in [3.05, 3.63) is 59.8 Å². The Morgan fingerprint density at radius 2 is 1.88 bits per heavy atom. The van der Waals surface area contributed by atoms with E-state index in [1.807, 2.05) is 19.3 Å². The molecular weight excluding hydrogens is 437 g/mol. The van der Waals surface area contributed by atoms with Crippen molar-refractivity contribution in [3.8, 4) is 0 Å². The van der Waals surface area contributed by atoms with Gasteiger partial charge in [0.25, 0.3) is 0 Å². The van der Waals surface area contributed by atoms with Crippen LogP contribution >= 0.6 is 24.0 Å². The Morgan fingerprint density at radius 3 is 2.58 bits per heavy atom. The number of benzene rings is 1. The standard InChI is InChI=1S/C20H27N5.HI/c1-21-20(24(2)16-17-8-4-3-5-9-17)23-15-18-10-11-22-19(14-18)25-12-6-7-13-25;/h3-5,8-11,14H,6-7,12-13,15-16H2,1-2H3,(H,21,23);1H. The molecule has 0 spiro atoms. The van der Waals surface area contributed by atoms with E-state index in [0.29, 0.717) is 0 Å². The smallest absolute Gasteiger partial charge is 0.193 e. The first-order valence-corrected chi connectivity index (χ1v) is 8.92. The average Bonchev–Trinajstić information content (AvgIpc) is 3.18. The molecule has 1 saturated heterocycles. The molecule has 0 saturated carbocycles. The third-order valence-electron chi connectivity index (χ3n) is 4.53. The Labute approximate surface area is 173 Å². The summed E-state index contributed by atoms with van der Waals surface area (Å²) in [7, 11) is 3.89. The zero-order valence-corrected chi connectivity index (χ0v) is 17.9. The number of aromatic nitrogens is 1. The molecule has 140 valence electrons. The Kier molecular flexibility index (Phi) is 8.15. The van der Waals surface area contributed by atoms with Gasteiger partial charge >= 0.3 is 0 Å². The van der Waals surface area contributed by atoms with Crippen molar-refractivity contribution in [2.75, 3.05) is 32.1 Å². The molecule has 2 heterocycles. The van der Waals surface area contributed by atoms with Crippen molar-refractivity contribution >= 4 is 35.8 Å². The van der Waals surface area contributed by atoms with Crippen LogP contribution in [0.15, 0.2) is 53.7 Å². The van der Waals surface area contributed by atoms with Crippen LogP contribution in [0.1, 0.15) is 24.0 Å². The molecule has 0 radical (unpaired) electrons. The molecule has 6 heteroatoms. The molecule has 1 aliphatic rings. The summed E-state index contributed by atoms with van der Waals surface area (Å²) in [6, 6.07) is 14.7. The van der Waals surface area contributed by atoms with Crippen molar-refractivity contribution in [1.82, 2.24) is 15.2 Å². The van der Waals surface area contributed by atoms with E-state index in [9.17, 15) is 0 Å². The maximum absolute atomic E-state index is 4.52. The number of rotatable bonds is 5. The molecule has 1 aromatic heterocycles. The predicted octanol–water partition coefficient (Wildman–Crippen LogP) is 3.51. The number of nitrogens with zero attached hydrogens (tertiary/aromatic N) is 4. The van der Waals surface area contributed by atoms with E-state index in [4.69, 9.17) is 0 Å². The summed E-state index contributed by atoms with van der Waals surface area (Å²) in [5, 5.41) is 3.45. The zero-order chi connectivity index (χ0) is 17.5. The summed E-state index contributed by atoms with van der Waals surface area (Å²) < 4.78 is 0. The lowest BCUT2D eigenvalue weighted by Crippen LogP contribution is -2.38. The van der Waals surface area contributed by atoms with Crippen LogP contribution < -0.4 is 10.2 Å². The third-order valence-corrected chi connectivity index (χ3v) is 4.53. The van der Waals surface area contributed by atoms with Crippen molar-refractivity contribution in [3.63, 3.8) is 0 Å². The first-order valence-electron chi connectivity index (χ1n) is 8.92. The summed E-state index contributed by atoms with van der Waals surface area (Å²) in [5.41, 5.74) is 2.50. The average molecular weight is 465 g/mol. The van der Waals surface area contributed by atoms with Crippen LogP contribution in [-0.4, -0.2) is 43.0 Å². The molecule has 0 unspecified atom stereocenters. The Balaban J connectivity index is 0.00000243. The van der Waals surface area contributed by atoms with Gasteiger partial charge in [-0.1, -0.05) is 30.3 Å². The molecule has 0 amide bonds. The summed E-state index contributed by atoms with van der Waals surface area (Å²) in [5.74, 6) is 1.98. The SMILES string of the molecule is CN=C(NCc1ccnc(N2CCCC2)c1)N(C)Cc1ccccc1.I. The highest BCUT2D eigenvalue weighted by atomic mass is 127. The van der Waals surface area contributed by atoms with Gasteiger partial charge in [0, 0.05) is 46.5 Å². The minimum absolute atomic E-state index is 0. The number of nitrogens with one attached hydrogen (secondary N) is 1. The highest BCUT2D eigenvalue weighted by Crippen LogP contribution is 2.18. The van der Waals surface area contributed by atoms with Crippen LogP contribution in [-0.2, 0) is 13.1 Å². The minimum Gasteiger partial charge on any atom is -0.357 e. The number of hydrogen-bond donors (Lipinski definition) is 1. The Morgan fingerprint density at radius 1 is 1.15 bits per heavy atom. The molecule has 2 aromatic rings. The summed E-state index contributed by atoms with van der Waals surface area (Å²) in [6.45, 7) is 3.81. The molecule has 26 heavy (non-hydrogen) atoms. The summed E-state index contributed by atoms with van der Waals surface area (Å²) >= 11 is 0. The van der Waals surface area contributed by atoms with Gasteiger partial charge in [0.05, 0.1) is 0 Å². The molecule has 1 N–H and O–H groups in total. The van der Waals surface area contributed by atoms with Gasteiger partial charge in [-0.3, -0.25) is 4.99 Å². The molecule has 1 fully saturated rings. The topological polar surface area (TPSA) is 43.8 Å². The fraction of sp³-hybridized carbons (Fsp3) is 0.400. The Hall–Kier alpha value is -1.83. The fourth-order valence-electron chi connectivity index (χ4n) is 3.19. The fourth-order valence-corrected chi connectivity index (χ4v) is 3.19. The monoisotopic (exact) mass is 465 g/mol. The van der Waals surface area contributed by atoms with Gasteiger partial charge in [0.15, 0.2) is 5.96 Å². The van der Waals surface area contributed by atoms with Crippen LogP contribution in [0.5, 0.6) is 0 Å². The second-order valence-electron chi connectivity index (χ2n) is 6.46. The van der Waals surface area contributed by atoms with E-state index >= 15 is 0 Å².